The van der Waals surface area contributed by atoms with Crippen LogP contribution in [-0.4, -0.2) is 31.8 Å². The van der Waals surface area contributed by atoms with Crippen molar-refractivity contribution in [3.8, 4) is 5.75 Å². The van der Waals surface area contributed by atoms with Crippen LogP contribution in [0.3, 0.4) is 0 Å². The Morgan fingerprint density at radius 1 is 1.21 bits per heavy atom. The van der Waals surface area contributed by atoms with Gasteiger partial charge in [-0.05, 0) is 43.2 Å². The lowest BCUT2D eigenvalue weighted by Crippen LogP contribution is -2.24. The van der Waals surface area contributed by atoms with Gasteiger partial charge >= 0.3 is 6.18 Å². The van der Waals surface area contributed by atoms with Gasteiger partial charge in [0.1, 0.15) is 12.4 Å². The maximum atomic E-state index is 13.1. The number of hydrogen-bond acceptors (Lipinski definition) is 4. The van der Waals surface area contributed by atoms with Crippen molar-refractivity contribution in [2.75, 3.05) is 30.4 Å². The fraction of sp³-hybridized carbons (Fsp3) is 0.350. The number of amides is 1. The van der Waals surface area contributed by atoms with E-state index in [9.17, 15) is 18.0 Å². The summed E-state index contributed by atoms with van der Waals surface area (Å²) in [4.78, 5) is 12.2. The number of nitrogens with one attached hydrogen (secondary N) is 2. The summed E-state index contributed by atoms with van der Waals surface area (Å²) < 4.78 is 50.4. The molecule has 0 saturated carbocycles. The van der Waals surface area contributed by atoms with Crippen molar-refractivity contribution in [1.82, 2.24) is 0 Å². The molecule has 0 aliphatic carbocycles. The molecule has 1 aliphatic heterocycles. The molecule has 0 spiro atoms. The third-order valence-corrected chi connectivity index (χ3v) is 4.57. The van der Waals surface area contributed by atoms with Gasteiger partial charge in [0.15, 0.2) is 0 Å². The second kappa shape index (κ2) is 9.37. The lowest BCUT2D eigenvalue weighted by atomic mass is 10.1. The number of rotatable bonds is 7. The fourth-order valence-corrected chi connectivity index (χ4v) is 3.11. The molecular weight excluding hydrogens is 409 g/mol. The number of alkyl halides is 3. The standard InChI is InChI=1S/C20H20ClF3N2O3/c21-13-7-8-18(29-12-14-4-3-9-28-14)17(10-13)25-11-19(27)26-16-6-2-1-5-15(16)20(22,23)24/h1-2,5-8,10,14,25H,3-4,9,11-12H2,(H,26,27). The molecule has 5 nitrogen and oxygen atoms in total. The monoisotopic (exact) mass is 428 g/mol. The van der Waals surface area contributed by atoms with Gasteiger partial charge < -0.3 is 20.1 Å². The Bertz CT molecular complexity index is 855. The molecule has 1 aliphatic rings. The summed E-state index contributed by atoms with van der Waals surface area (Å²) in [6, 6.07) is 9.71. The SMILES string of the molecule is O=C(CNc1cc(Cl)ccc1OCC1CCCO1)Nc1ccccc1C(F)(F)F. The third-order valence-electron chi connectivity index (χ3n) is 4.34. The van der Waals surface area contributed by atoms with Crippen LogP contribution in [0.5, 0.6) is 5.75 Å². The molecule has 1 amide bonds. The number of halogens is 4. The lowest BCUT2D eigenvalue weighted by molar-refractivity contribution is -0.137. The van der Waals surface area contributed by atoms with Crippen LogP contribution in [-0.2, 0) is 15.7 Å². The van der Waals surface area contributed by atoms with Crippen molar-refractivity contribution in [2.24, 2.45) is 0 Å². The zero-order chi connectivity index (χ0) is 20.9. The molecule has 156 valence electrons. The van der Waals surface area contributed by atoms with Gasteiger partial charge in [-0.15, -0.1) is 0 Å². The van der Waals surface area contributed by atoms with Gasteiger partial charge in [0, 0.05) is 11.6 Å². The minimum absolute atomic E-state index is 0.0145. The summed E-state index contributed by atoms with van der Waals surface area (Å²) in [5.74, 6) is -0.153. The number of benzene rings is 2. The van der Waals surface area contributed by atoms with Crippen molar-refractivity contribution in [3.63, 3.8) is 0 Å². The molecule has 29 heavy (non-hydrogen) atoms. The Morgan fingerprint density at radius 2 is 2.00 bits per heavy atom. The summed E-state index contributed by atoms with van der Waals surface area (Å²) >= 11 is 6.01. The minimum atomic E-state index is -4.56. The molecule has 0 bridgehead atoms. The molecule has 9 heteroatoms. The molecule has 1 atom stereocenters. The topological polar surface area (TPSA) is 59.6 Å². The van der Waals surface area contributed by atoms with Crippen molar-refractivity contribution in [3.05, 3.63) is 53.1 Å². The Morgan fingerprint density at radius 3 is 2.72 bits per heavy atom. The van der Waals surface area contributed by atoms with Gasteiger partial charge in [-0.25, -0.2) is 0 Å². The Kier molecular flexibility index (Phi) is 6.87. The molecule has 3 rings (SSSR count). The quantitative estimate of drug-likeness (QED) is 0.654. The van der Waals surface area contributed by atoms with E-state index in [1.807, 2.05) is 0 Å². The number of para-hydroxylation sites is 1. The molecular formula is C20H20ClF3N2O3. The zero-order valence-electron chi connectivity index (χ0n) is 15.4. The van der Waals surface area contributed by atoms with Gasteiger partial charge in [0.2, 0.25) is 5.91 Å². The second-order valence-electron chi connectivity index (χ2n) is 6.53. The number of hydrogen-bond donors (Lipinski definition) is 2. The molecule has 0 aromatic heterocycles. The van der Waals surface area contributed by atoms with Crippen LogP contribution in [0.2, 0.25) is 5.02 Å². The van der Waals surface area contributed by atoms with Crippen molar-refractivity contribution in [2.45, 2.75) is 25.1 Å². The predicted octanol–water partition coefficient (Wildman–Crippen LogP) is 4.97. The van der Waals surface area contributed by atoms with E-state index >= 15 is 0 Å². The maximum Gasteiger partial charge on any atom is 0.418 e. The first kappa shape index (κ1) is 21.3. The van der Waals surface area contributed by atoms with Crippen molar-refractivity contribution < 1.29 is 27.4 Å². The average molecular weight is 429 g/mol. The smallest absolute Gasteiger partial charge is 0.418 e. The van der Waals surface area contributed by atoms with Crippen LogP contribution >= 0.6 is 11.6 Å². The highest BCUT2D eigenvalue weighted by Crippen LogP contribution is 2.34. The molecule has 2 aromatic carbocycles. The summed E-state index contributed by atoms with van der Waals surface area (Å²) in [5, 5.41) is 5.58. The highest BCUT2D eigenvalue weighted by atomic mass is 35.5. The predicted molar refractivity (Wildman–Crippen MR) is 104 cm³/mol. The molecule has 1 saturated heterocycles. The highest BCUT2D eigenvalue weighted by molar-refractivity contribution is 6.30. The molecule has 0 radical (unpaired) electrons. The fourth-order valence-electron chi connectivity index (χ4n) is 2.93. The summed E-state index contributed by atoms with van der Waals surface area (Å²) in [5.41, 5.74) is -0.737. The van der Waals surface area contributed by atoms with Gasteiger partial charge in [-0.1, -0.05) is 23.7 Å². The van der Waals surface area contributed by atoms with Crippen LogP contribution < -0.4 is 15.4 Å². The first-order valence-corrected chi connectivity index (χ1v) is 9.44. The van der Waals surface area contributed by atoms with Gasteiger partial charge in [0.05, 0.1) is 29.6 Å². The van der Waals surface area contributed by atoms with Crippen LogP contribution in [0.15, 0.2) is 42.5 Å². The first-order chi connectivity index (χ1) is 13.8. The molecule has 1 unspecified atom stereocenters. The van der Waals surface area contributed by atoms with Gasteiger partial charge in [0.25, 0.3) is 0 Å². The number of carbonyl (C=O) groups is 1. The van der Waals surface area contributed by atoms with E-state index < -0.39 is 17.6 Å². The van der Waals surface area contributed by atoms with E-state index in [1.165, 1.54) is 18.2 Å². The molecule has 1 heterocycles. The van der Waals surface area contributed by atoms with E-state index in [4.69, 9.17) is 21.1 Å². The van der Waals surface area contributed by atoms with E-state index in [2.05, 4.69) is 10.6 Å². The minimum Gasteiger partial charge on any atom is -0.489 e. The Balaban J connectivity index is 1.62. The number of carbonyl (C=O) groups excluding carboxylic acids is 1. The maximum absolute atomic E-state index is 13.1. The number of ether oxygens (including phenoxy) is 2. The van der Waals surface area contributed by atoms with Gasteiger partial charge in [-0.2, -0.15) is 13.2 Å². The van der Waals surface area contributed by atoms with E-state index in [0.29, 0.717) is 29.7 Å². The lowest BCUT2D eigenvalue weighted by Gasteiger charge is -2.17. The second-order valence-corrected chi connectivity index (χ2v) is 6.97. The van der Waals surface area contributed by atoms with Crippen molar-refractivity contribution in [1.29, 1.82) is 0 Å². The summed E-state index contributed by atoms with van der Waals surface area (Å²) in [7, 11) is 0. The number of anilines is 2. The zero-order valence-corrected chi connectivity index (χ0v) is 16.1. The van der Waals surface area contributed by atoms with Gasteiger partial charge in [-0.3, -0.25) is 4.79 Å². The largest absolute Gasteiger partial charge is 0.489 e. The summed E-state index contributed by atoms with van der Waals surface area (Å²) in [6.07, 6.45) is -2.65. The molecule has 1 fully saturated rings. The van der Waals surface area contributed by atoms with Crippen LogP contribution in [0.25, 0.3) is 0 Å². The third kappa shape index (κ3) is 6.01. The molecule has 2 aromatic rings. The summed E-state index contributed by atoms with van der Waals surface area (Å²) in [6.45, 7) is 0.809. The van der Waals surface area contributed by atoms with E-state index in [0.717, 1.165) is 18.9 Å². The van der Waals surface area contributed by atoms with Crippen molar-refractivity contribution >= 4 is 28.9 Å². The Labute approximate surface area is 171 Å². The van der Waals surface area contributed by atoms with E-state index in [-0.39, 0.29) is 18.3 Å². The highest BCUT2D eigenvalue weighted by Gasteiger charge is 2.33. The van der Waals surface area contributed by atoms with Crippen LogP contribution in [0, 0.1) is 0 Å². The van der Waals surface area contributed by atoms with E-state index in [1.54, 1.807) is 18.2 Å². The molecule has 2 N–H and O–H groups in total. The normalized spacial score (nSPS) is 16.5. The Hall–Kier alpha value is -2.45. The average Bonchev–Trinajstić information content (AvgIpc) is 3.19. The van der Waals surface area contributed by atoms with Crippen LogP contribution in [0.4, 0.5) is 24.5 Å². The first-order valence-electron chi connectivity index (χ1n) is 9.07. The van der Waals surface area contributed by atoms with Crippen LogP contribution in [0.1, 0.15) is 18.4 Å².